The number of amides is 1. The van der Waals surface area contributed by atoms with Crippen molar-refractivity contribution in [2.24, 2.45) is 0 Å². The highest BCUT2D eigenvalue weighted by molar-refractivity contribution is 7.92. The maximum absolute atomic E-state index is 12.6. The number of hydrogen-bond donors (Lipinski definition) is 1. The molecule has 0 saturated carbocycles. The quantitative estimate of drug-likeness (QED) is 0.604. The van der Waals surface area contributed by atoms with Crippen molar-refractivity contribution in [3.63, 3.8) is 0 Å². The molecular formula is C22H24N2O4S. The molecule has 0 unspecified atom stereocenters. The number of hydrogen-bond acceptors (Lipinski definition) is 4. The second-order valence-corrected chi connectivity index (χ2v) is 8.78. The third-order valence-corrected chi connectivity index (χ3v) is 5.97. The summed E-state index contributed by atoms with van der Waals surface area (Å²) in [6.07, 6.45) is 1.13. The maximum Gasteiger partial charge on any atom is 0.251 e. The largest absolute Gasteiger partial charge is 0.491 e. The Morgan fingerprint density at radius 3 is 2.48 bits per heavy atom. The fourth-order valence-electron chi connectivity index (χ4n) is 3.13. The molecule has 0 radical (unpaired) electrons. The molecule has 3 aromatic rings. The topological polar surface area (TPSA) is 75.7 Å². The van der Waals surface area contributed by atoms with Gasteiger partial charge in [0.15, 0.2) is 0 Å². The van der Waals surface area contributed by atoms with Gasteiger partial charge in [0.2, 0.25) is 10.0 Å². The normalized spacial score (nSPS) is 11.3. The SMILES string of the molecule is Cc1c(C(=O)NCCOc2cccc3ccccc23)cccc1N(C)S(C)(=O)=O. The van der Waals surface area contributed by atoms with Crippen LogP contribution in [0.15, 0.2) is 60.7 Å². The minimum atomic E-state index is -3.41. The molecule has 0 aromatic heterocycles. The lowest BCUT2D eigenvalue weighted by Crippen LogP contribution is -2.30. The Morgan fingerprint density at radius 1 is 1.03 bits per heavy atom. The van der Waals surface area contributed by atoms with Crippen LogP contribution in [0.2, 0.25) is 0 Å². The Morgan fingerprint density at radius 2 is 1.72 bits per heavy atom. The minimum absolute atomic E-state index is 0.271. The zero-order valence-corrected chi connectivity index (χ0v) is 17.5. The third kappa shape index (κ3) is 4.68. The van der Waals surface area contributed by atoms with E-state index >= 15 is 0 Å². The number of anilines is 1. The fraction of sp³-hybridized carbons (Fsp3) is 0.227. The molecule has 6 nitrogen and oxygen atoms in total. The van der Waals surface area contributed by atoms with Crippen molar-refractivity contribution in [1.29, 1.82) is 0 Å². The van der Waals surface area contributed by atoms with Gasteiger partial charge in [0, 0.05) is 18.0 Å². The van der Waals surface area contributed by atoms with E-state index in [1.807, 2.05) is 42.5 Å². The number of nitrogens with one attached hydrogen (secondary N) is 1. The highest BCUT2D eigenvalue weighted by atomic mass is 32.2. The Bertz CT molecular complexity index is 1140. The van der Waals surface area contributed by atoms with E-state index in [1.165, 1.54) is 11.4 Å². The predicted molar refractivity (Wildman–Crippen MR) is 116 cm³/mol. The summed E-state index contributed by atoms with van der Waals surface area (Å²) in [5.41, 5.74) is 1.52. The molecule has 3 rings (SSSR count). The standard InChI is InChI=1S/C22H24N2O4S/c1-16-18(11-7-12-20(16)24(2)29(3,26)27)22(25)23-14-15-28-21-13-6-9-17-8-4-5-10-19(17)21/h4-13H,14-15H2,1-3H3,(H,23,25). The summed E-state index contributed by atoms with van der Waals surface area (Å²) >= 11 is 0. The Kier molecular flexibility index (Phi) is 6.08. The van der Waals surface area contributed by atoms with Gasteiger partial charge in [-0.1, -0.05) is 42.5 Å². The molecule has 0 saturated heterocycles. The summed E-state index contributed by atoms with van der Waals surface area (Å²) in [5, 5.41) is 4.95. The van der Waals surface area contributed by atoms with Gasteiger partial charge in [0.25, 0.3) is 5.91 Å². The van der Waals surface area contributed by atoms with Crippen LogP contribution in [-0.4, -0.2) is 40.8 Å². The van der Waals surface area contributed by atoms with Crippen molar-refractivity contribution < 1.29 is 17.9 Å². The summed E-state index contributed by atoms with van der Waals surface area (Å²) < 4.78 is 30.6. The van der Waals surface area contributed by atoms with Crippen molar-refractivity contribution >= 4 is 32.4 Å². The zero-order chi connectivity index (χ0) is 21.0. The number of ether oxygens (including phenoxy) is 1. The second-order valence-electron chi connectivity index (χ2n) is 6.76. The molecule has 0 aliphatic carbocycles. The van der Waals surface area contributed by atoms with Crippen LogP contribution >= 0.6 is 0 Å². The highest BCUT2D eigenvalue weighted by Crippen LogP contribution is 2.25. The van der Waals surface area contributed by atoms with Gasteiger partial charge in [-0.05, 0) is 36.1 Å². The predicted octanol–water partition coefficient (Wildman–Crippen LogP) is 3.35. The molecule has 152 valence electrons. The van der Waals surface area contributed by atoms with Crippen LogP contribution in [-0.2, 0) is 10.0 Å². The van der Waals surface area contributed by atoms with Crippen LogP contribution in [0.3, 0.4) is 0 Å². The molecule has 0 aliphatic rings. The van der Waals surface area contributed by atoms with E-state index in [9.17, 15) is 13.2 Å². The second kappa shape index (κ2) is 8.53. The monoisotopic (exact) mass is 412 g/mol. The van der Waals surface area contributed by atoms with Gasteiger partial charge in [-0.2, -0.15) is 0 Å². The van der Waals surface area contributed by atoms with Gasteiger partial charge in [-0.3, -0.25) is 9.10 Å². The van der Waals surface area contributed by atoms with Crippen LogP contribution in [0.1, 0.15) is 15.9 Å². The Labute approximate surface area is 171 Å². The first-order valence-electron chi connectivity index (χ1n) is 9.21. The van der Waals surface area contributed by atoms with Gasteiger partial charge in [0.1, 0.15) is 12.4 Å². The Hall–Kier alpha value is -3.06. The molecular weight excluding hydrogens is 388 g/mol. The van der Waals surface area contributed by atoms with Crippen LogP contribution in [0.4, 0.5) is 5.69 Å². The number of sulfonamides is 1. The van der Waals surface area contributed by atoms with Crippen molar-refractivity contribution in [2.75, 3.05) is 30.8 Å². The van der Waals surface area contributed by atoms with Crippen molar-refractivity contribution in [3.05, 3.63) is 71.8 Å². The van der Waals surface area contributed by atoms with E-state index in [2.05, 4.69) is 5.32 Å². The summed E-state index contributed by atoms with van der Waals surface area (Å²) in [5.74, 6) is 0.498. The minimum Gasteiger partial charge on any atom is -0.491 e. The van der Waals surface area contributed by atoms with E-state index in [-0.39, 0.29) is 5.91 Å². The van der Waals surface area contributed by atoms with Crippen LogP contribution in [0, 0.1) is 6.92 Å². The van der Waals surface area contributed by atoms with Crippen LogP contribution in [0.5, 0.6) is 5.75 Å². The summed E-state index contributed by atoms with van der Waals surface area (Å²) in [7, 11) is -1.94. The number of benzene rings is 3. The van der Waals surface area contributed by atoms with Gasteiger partial charge >= 0.3 is 0 Å². The summed E-state index contributed by atoms with van der Waals surface area (Å²) in [6, 6.07) is 18.8. The van der Waals surface area contributed by atoms with E-state index in [1.54, 1.807) is 25.1 Å². The zero-order valence-electron chi connectivity index (χ0n) is 16.7. The summed E-state index contributed by atoms with van der Waals surface area (Å²) in [4.78, 5) is 12.6. The van der Waals surface area contributed by atoms with Crippen LogP contribution in [0.25, 0.3) is 10.8 Å². The maximum atomic E-state index is 12.6. The fourth-order valence-corrected chi connectivity index (χ4v) is 3.69. The number of nitrogens with zero attached hydrogens (tertiary/aromatic N) is 1. The molecule has 0 spiro atoms. The van der Waals surface area contributed by atoms with Gasteiger partial charge in [0.05, 0.1) is 18.5 Å². The molecule has 0 atom stereocenters. The molecule has 0 aliphatic heterocycles. The molecule has 1 N–H and O–H groups in total. The first-order chi connectivity index (χ1) is 13.8. The lowest BCUT2D eigenvalue weighted by atomic mass is 10.1. The van der Waals surface area contributed by atoms with Gasteiger partial charge in [-0.15, -0.1) is 0 Å². The number of carbonyl (C=O) groups excluding carboxylic acids is 1. The Balaban J connectivity index is 1.64. The first-order valence-corrected chi connectivity index (χ1v) is 11.1. The molecule has 29 heavy (non-hydrogen) atoms. The number of carbonyl (C=O) groups is 1. The first kappa shape index (κ1) is 20.7. The molecule has 3 aromatic carbocycles. The average Bonchev–Trinajstić information content (AvgIpc) is 2.70. The smallest absolute Gasteiger partial charge is 0.251 e. The van der Waals surface area contributed by atoms with Gasteiger partial charge in [-0.25, -0.2) is 8.42 Å². The number of fused-ring (bicyclic) bond motifs is 1. The van der Waals surface area contributed by atoms with Crippen molar-refractivity contribution in [2.45, 2.75) is 6.92 Å². The van der Waals surface area contributed by atoms with Crippen molar-refractivity contribution in [3.8, 4) is 5.75 Å². The van der Waals surface area contributed by atoms with Crippen LogP contribution < -0.4 is 14.4 Å². The van der Waals surface area contributed by atoms with E-state index in [4.69, 9.17) is 4.74 Å². The third-order valence-electron chi connectivity index (χ3n) is 4.78. The summed E-state index contributed by atoms with van der Waals surface area (Å²) in [6.45, 7) is 2.38. The average molecular weight is 413 g/mol. The molecule has 0 bridgehead atoms. The van der Waals surface area contributed by atoms with Gasteiger partial charge < -0.3 is 10.1 Å². The lowest BCUT2D eigenvalue weighted by molar-refractivity contribution is 0.0946. The molecule has 0 fully saturated rings. The van der Waals surface area contributed by atoms with E-state index in [0.717, 1.165) is 22.8 Å². The van der Waals surface area contributed by atoms with E-state index < -0.39 is 10.0 Å². The van der Waals surface area contributed by atoms with Crippen molar-refractivity contribution in [1.82, 2.24) is 5.32 Å². The number of rotatable bonds is 7. The lowest BCUT2D eigenvalue weighted by Gasteiger charge is -2.20. The van der Waals surface area contributed by atoms with E-state index in [0.29, 0.717) is 30.0 Å². The molecule has 0 heterocycles. The molecule has 7 heteroatoms. The highest BCUT2D eigenvalue weighted by Gasteiger charge is 2.18. The molecule has 1 amide bonds.